The van der Waals surface area contributed by atoms with Crippen molar-refractivity contribution >= 4 is 23.9 Å². The van der Waals surface area contributed by atoms with Crippen LogP contribution in [-0.4, -0.2) is 141 Å². The summed E-state index contributed by atoms with van der Waals surface area (Å²) in [5, 5.41) is 25.4. The number of hydrogen-bond donors (Lipinski definition) is 2. The lowest BCUT2D eigenvalue weighted by molar-refractivity contribution is -0.323. The molecule has 2 N–H and O–H groups in total. The Balaban J connectivity index is 1.39. The van der Waals surface area contributed by atoms with E-state index in [-0.39, 0.29) is 31.6 Å². The molecule has 8 aliphatic rings. The van der Waals surface area contributed by atoms with Gasteiger partial charge in [-0.25, -0.2) is 9.59 Å². The highest BCUT2D eigenvalue weighted by Crippen LogP contribution is 2.83. The number of carbonyl (C=O) groups is 4. The zero-order valence-corrected chi connectivity index (χ0v) is 31.9. The highest BCUT2D eigenvalue weighted by atomic mass is 16.8. The van der Waals surface area contributed by atoms with Crippen LogP contribution in [0.3, 0.4) is 0 Å². The number of esters is 4. The molecule has 5 heterocycles. The Morgan fingerprint density at radius 2 is 1.61 bits per heavy atom. The fourth-order valence-electron chi connectivity index (χ4n) is 12.9. The van der Waals surface area contributed by atoms with E-state index in [1.54, 1.807) is 26.8 Å². The van der Waals surface area contributed by atoms with Crippen molar-refractivity contribution in [3.05, 3.63) is 11.6 Å². The van der Waals surface area contributed by atoms with Crippen LogP contribution >= 0.6 is 0 Å². The first-order valence-electron chi connectivity index (χ1n) is 18.4. The lowest BCUT2D eigenvalue weighted by Crippen LogP contribution is -2.79. The van der Waals surface area contributed by atoms with Gasteiger partial charge in [0, 0.05) is 68.1 Å². The van der Waals surface area contributed by atoms with Gasteiger partial charge in [-0.2, -0.15) is 0 Å². The molecule has 1 spiro atoms. The van der Waals surface area contributed by atoms with E-state index in [4.69, 9.17) is 52.1 Å². The smallest absolute Gasteiger partial charge is 0.366 e. The minimum atomic E-state index is -2.29. The maximum atomic E-state index is 14.3. The minimum Gasteiger partial charge on any atom is -0.468 e. The molecular formula is C37H50O17. The van der Waals surface area contributed by atoms with Gasteiger partial charge in [-0.05, 0) is 27.2 Å². The molecule has 300 valence electrons. The van der Waals surface area contributed by atoms with Gasteiger partial charge in [-0.1, -0.05) is 13.0 Å². The molecule has 0 aromatic rings. The van der Waals surface area contributed by atoms with Crippen LogP contribution in [0.2, 0.25) is 0 Å². The van der Waals surface area contributed by atoms with E-state index in [0.717, 1.165) is 0 Å². The molecule has 3 aliphatic carbocycles. The summed E-state index contributed by atoms with van der Waals surface area (Å²) >= 11 is 0. The van der Waals surface area contributed by atoms with E-state index < -0.39 is 124 Å². The molecule has 2 bridgehead atoms. The summed E-state index contributed by atoms with van der Waals surface area (Å²) in [7, 11) is 5.10. The van der Waals surface area contributed by atoms with Gasteiger partial charge >= 0.3 is 23.9 Å². The van der Waals surface area contributed by atoms with Gasteiger partial charge < -0.3 is 62.3 Å². The van der Waals surface area contributed by atoms with Crippen molar-refractivity contribution in [2.75, 3.05) is 41.7 Å². The summed E-state index contributed by atoms with van der Waals surface area (Å²) in [6.45, 7) is 7.29. The third-order valence-corrected chi connectivity index (χ3v) is 15.0. The molecule has 17 atom stereocenters. The van der Waals surface area contributed by atoms with Crippen LogP contribution < -0.4 is 0 Å². The van der Waals surface area contributed by atoms with Gasteiger partial charge in [0.25, 0.3) is 5.79 Å². The van der Waals surface area contributed by atoms with E-state index >= 15 is 0 Å². The second-order valence-electron chi connectivity index (χ2n) is 16.6. The Morgan fingerprint density at radius 3 is 2.22 bits per heavy atom. The van der Waals surface area contributed by atoms with Crippen molar-refractivity contribution in [3.63, 3.8) is 0 Å². The average Bonchev–Trinajstić information content (AvgIpc) is 3.52. The van der Waals surface area contributed by atoms with Crippen LogP contribution in [0.25, 0.3) is 0 Å². The standard InChI is InChI=1S/C37H50O17/c1-10-16(2)26(40)51-19-12-20(50-17(3)38)34(28(41)45-7)14-48-23-24(34)33(19)15-49-36(47-9,29(42)46-8)27(33)31(4,25(23)39)37-21-11-18(32(37,5)54-37)35(43)13-22(44-6)53-30(35)52-21/h10,18-25,27,30,39,43H,11-15H2,1-9H3/b16-10+/t18-,19+,20-,21+,22+,23-,24-,25-,27+,30-,31-,32+,33+,34+,35+,36+,37+/m1/s1. The van der Waals surface area contributed by atoms with E-state index in [1.165, 1.54) is 35.4 Å². The molecule has 0 aromatic carbocycles. The fourth-order valence-corrected chi connectivity index (χ4v) is 12.9. The number of rotatable bonds is 8. The van der Waals surface area contributed by atoms with Crippen LogP contribution in [0.15, 0.2) is 11.6 Å². The van der Waals surface area contributed by atoms with E-state index in [1.807, 2.05) is 6.92 Å². The van der Waals surface area contributed by atoms with Gasteiger partial charge in [0.05, 0.1) is 45.7 Å². The number of allylic oxidation sites excluding steroid dienone is 1. The van der Waals surface area contributed by atoms with Crippen molar-refractivity contribution in [3.8, 4) is 0 Å². The molecule has 5 aliphatic heterocycles. The normalized spacial score (nSPS) is 53.4. The summed E-state index contributed by atoms with van der Waals surface area (Å²) < 4.78 is 67.3. The third kappa shape index (κ3) is 4.05. The predicted octanol–water partition coefficient (Wildman–Crippen LogP) is 0.300. The number of methoxy groups -OCH3 is 4. The molecule has 0 radical (unpaired) electrons. The first-order valence-corrected chi connectivity index (χ1v) is 18.4. The van der Waals surface area contributed by atoms with Gasteiger partial charge in [0.15, 0.2) is 12.6 Å². The average molecular weight is 767 g/mol. The molecule has 17 heteroatoms. The number of aliphatic hydroxyl groups is 2. The van der Waals surface area contributed by atoms with Crippen LogP contribution in [0.4, 0.5) is 0 Å². The first-order chi connectivity index (χ1) is 25.4. The number of aliphatic hydroxyl groups excluding tert-OH is 1. The van der Waals surface area contributed by atoms with Crippen LogP contribution in [-0.2, 0) is 71.3 Å². The van der Waals surface area contributed by atoms with Crippen molar-refractivity contribution < 1.29 is 81.5 Å². The number of carbonyl (C=O) groups excluding carboxylic acids is 4. The van der Waals surface area contributed by atoms with Gasteiger partial charge in [-0.3, -0.25) is 9.59 Å². The van der Waals surface area contributed by atoms with Crippen molar-refractivity contribution in [2.45, 2.75) is 120 Å². The Kier molecular flexibility index (Phi) is 8.40. The summed E-state index contributed by atoms with van der Waals surface area (Å²) in [6, 6.07) is 0. The lowest BCUT2D eigenvalue weighted by Gasteiger charge is -2.66. The zero-order chi connectivity index (χ0) is 39.2. The minimum absolute atomic E-state index is 0.0931. The number of hydrogen-bond acceptors (Lipinski definition) is 17. The monoisotopic (exact) mass is 766 g/mol. The summed E-state index contributed by atoms with van der Waals surface area (Å²) in [4.78, 5) is 55.2. The first kappa shape index (κ1) is 38.1. The van der Waals surface area contributed by atoms with Crippen LogP contribution in [0, 0.1) is 34.0 Å². The Bertz CT molecular complexity index is 1680. The maximum absolute atomic E-state index is 14.3. The fraction of sp³-hybridized carbons (Fsp3) is 0.838. The Hall–Kier alpha value is -2.74. The molecule has 0 amide bonds. The second-order valence-corrected chi connectivity index (χ2v) is 16.6. The highest BCUT2D eigenvalue weighted by molar-refractivity contribution is 5.88. The van der Waals surface area contributed by atoms with Gasteiger partial charge in [-0.15, -0.1) is 0 Å². The molecular weight excluding hydrogens is 716 g/mol. The molecule has 0 unspecified atom stereocenters. The molecule has 0 aromatic heterocycles. The lowest BCUT2D eigenvalue weighted by atomic mass is 9.37. The quantitative estimate of drug-likeness (QED) is 0.147. The largest absolute Gasteiger partial charge is 0.468 e. The third-order valence-electron chi connectivity index (χ3n) is 15.0. The maximum Gasteiger partial charge on any atom is 0.366 e. The van der Waals surface area contributed by atoms with Crippen molar-refractivity contribution in [2.24, 2.45) is 34.0 Å². The molecule has 8 fully saturated rings. The molecule has 5 saturated heterocycles. The zero-order valence-electron chi connectivity index (χ0n) is 31.9. The second kappa shape index (κ2) is 11.9. The van der Waals surface area contributed by atoms with E-state index in [9.17, 15) is 29.4 Å². The summed E-state index contributed by atoms with van der Waals surface area (Å²) in [6.07, 6.45) is -6.25. The summed E-state index contributed by atoms with van der Waals surface area (Å²) in [5.41, 5.74) is -9.02. The number of ether oxygens (including phenoxy) is 11. The Labute approximate surface area is 312 Å². The highest BCUT2D eigenvalue weighted by Gasteiger charge is 2.97. The van der Waals surface area contributed by atoms with Crippen molar-refractivity contribution in [1.29, 1.82) is 0 Å². The van der Waals surface area contributed by atoms with E-state index in [0.29, 0.717) is 6.42 Å². The van der Waals surface area contributed by atoms with Crippen LogP contribution in [0.1, 0.15) is 53.9 Å². The number of epoxide rings is 1. The topological polar surface area (TPSA) is 214 Å². The van der Waals surface area contributed by atoms with Gasteiger partial charge in [0.1, 0.15) is 34.4 Å². The summed E-state index contributed by atoms with van der Waals surface area (Å²) in [5.74, 6) is -8.54. The van der Waals surface area contributed by atoms with Crippen LogP contribution in [0.5, 0.6) is 0 Å². The molecule has 8 rings (SSSR count). The molecule has 17 nitrogen and oxygen atoms in total. The Morgan fingerprint density at radius 1 is 0.907 bits per heavy atom. The van der Waals surface area contributed by atoms with Gasteiger partial charge in [0.2, 0.25) is 0 Å². The molecule has 3 saturated carbocycles. The number of fused-ring (bicyclic) bond motifs is 7. The van der Waals surface area contributed by atoms with E-state index in [2.05, 4.69) is 0 Å². The predicted molar refractivity (Wildman–Crippen MR) is 175 cm³/mol. The SMILES string of the molecule is C/C=C(\C)C(=O)O[C@H]1C[C@@H](OC(C)=O)[C@@]2(C(=O)OC)CO[C@H]3[C@@H](O)[C@@](C)([C@]45O[C@@]4(C)[C@H]4C[C@@H]5O[C@@H]5O[C@H](OC)C[C@@]54O)[C@@H]4[C@@](OC)(C(=O)OC)OC[C@@]14[C@@H]32. The van der Waals surface area contributed by atoms with Crippen molar-refractivity contribution in [1.82, 2.24) is 0 Å². The molecule has 54 heavy (non-hydrogen) atoms.